The molecular formula is C15H25N3O2. The van der Waals surface area contributed by atoms with Gasteiger partial charge in [0.25, 0.3) is 0 Å². The molecule has 0 fully saturated rings. The van der Waals surface area contributed by atoms with Gasteiger partial charge in [-0.1, -0.05) is 13.8 Å². The number of nitrogens with zero attached hydrogens (tertiary/aromatic N) is 1. The molecule has 1 rings (SSSR count). The number of likely N-dealkylation sites (N-methyl/N-ethyl adjacent to an activating group) is 1. The zero-order valence-corrected chi connectivity index (χ0v) is 12.8. The third kappa shape index (κ3) is 5.48. The minimum atomic E-state index is -0.0562. The average Bonchev–Trinajstić information content (AvgIpc) is 2.38. The number of carbonyl (C=O) groups excluding carboxylic acids is 1. The molecule has 0 saturated heterocycles. The predicted molar refractivity (Wildman–Crippen MR) is 83.0 cm³/mol. The Morgan fingerprint density at radius 2 is 2.15 bits per heavy atom. The molecule has 0 aromatic heterocycles. The Labute approximate surface area is 121 Å². The van der Waals surface area contributed by atoms with Crippen LogP contribution in [0.1, 0.15) is 20.3 Å². The Morgan fingerprint density at radius 1 is 1.45 bits per heavy atom. The van der Waals surface area contributed by atoms with Crippen molar-refractivity contribution in [2.75, 3.05) is 38.3 Å². The maximum Gasteiger partial charge on any atom is 0.238 e. The van der Waals surface area contributed by atoms with Crippen LogP contribution in [-0.2, 0) is 4.79 Å². The molecule has 0 bridgehead atoms. The van der Waals surface area contributed by atoms with Crippen LogP contribution in [0.2, 0.25) is 0 Å². The summed E-state index contributed by atoms with van der Waals surface area (Å²) >= 11 is 0. The maximum atomic E-state index is 12.0. The van der Waals surface area contributed by atoms with Gasteiger partial charge in [0.05, 0.1) is 19.3 Å². The summed E-state index contributed by atoms with van der Waals surface area (Å²) in [6.07, 6.45) is 1.08. The third-order valence-corrected chi connectivity index (χ3v) is 3.00. The van der Waals surface area contributed by atoms with E-state index in [0.29, 0.717) is 29.6 Å². The Bertz CT molecular complexity index is 447. The Kier molecular flexibility index (Phi) is 6.31. The van der Waals surface area contributed by atoms with Gasteiger partial charge in [-0.05, 0) is 38.1 Å². The Morgan fingerprint density at radius 3 is 2.75 bits per heavy atom. The summed E-state index contributed by atoms with van der Waals surface area (Å²) < 4.78 is 5.20. The van der Waals surface area contributed by atoms with Crippen molar-refractivity contribution in [1.29, 1.82) is 0 Å². The van der Waals surface area contributed by atoms with E-state index < -0.39 is 0 Å². The molecule has 0 spiro atoms. The van der Waals surface area contributed by atoms with Crippen LogP contribution in [0.15, 0.2) is 18.2 Å². The minimum Gasteiger partial charge on any atom is -0.494 e. The lowest BCUT2D eigenvalue weighted by molar-refractivity contribution is -0.117. The van der Waals surface area contributed by atoms with Gasteiger partial charge in [-0.3, -0.25) is 9.69 Å². The summed E-state index contributed by atoms with van der Waals surface area (Å²) in [5.74, 6) is 1.15. The van der Waals surface area contributed by atoms with E-state index in [1.807, 2.05) is 11.9 Å². The summed E-state index contributed by atoms with van der Waals surface area (Å²) in [6, 6.07) is 5.18. The highest BCUT2D eigenvalue weighted by atomic mass is 16.5. The average molecular weight is 279 g/mol. The molecule has 1 amide bonds. The van der Waals surface area contributed by atoms with Crippen molar-refractivity contribution >= 4 is 17.3 Å². The van der Waals surface area contributed by atoms with Gasteiger partial charge >= 0.3 is 0 Å². The lowest BCUT2D eigenvalue weighted by atomic mass is 10.1. The van der Waals surface area contributed by atoms with E-state index >= 15 is 0 Å². The quantitative estimate of drug-likeness (QED) is 0.751. The topological polar surface area (TPSA) is 67.6 Å². The number of nitrogens with one attached hydrogen (secondary N) is 1. The number of hydrogen-bond acceptors (Lipinski definition) is 4. The number of benzene rings is 1. The highest BCUT2D eigenvalue weighted by Gasteiger charge is 2.10. The molecule has 112 valence electrons. The zero-order chi connectivity index (χ0) is 15.1. The molecule has 3 N–H and O–H groups in total. The molecule has 5 heteroatoms. The first-order valence-corrected chi connectivity index (χ1v) is 6.84. The van der Waals surface area contributed by atoms with Crippen molar-refractivity contribution in [3.8, 4) is 5.75 Å². The summed E-state index contributed by atoms with van der Waals surface area (Å²) in [4.78, 5) is 14.0. The normalized spacial score (nSPS) is 10.9. The molecule has 0 aliphatic carbocycles. The largest absolute Gasteiger partial charge is 0.494 e. The number of rotatable bonds is 7. The molecule has 5 nitrogen and oxygen atoms in total. The van der Waals surface area contributed by atoms with Crippen LogP contribution in [0, 0.1) is 5.92 Å². The molecule has 0 aliphatic rings. The van der Waals surface area contributed by atoms with E-state index in [2.05, 4.69) is 19.2 Å². The second kappa shape index (κ2) is 7.75. The lowest BCUT2D eigenvalue weighted by Gasteiger charge is -2.18. The smallest absolute Gasteiger partial charge is 0.238 e. The lowest BCUT2D eigenvalue weighted by Crippen LogP contribution is -2.31. The van der Waals surface area contributed by atoms with Crippen LogP contribution < -0.4 is 15.8 Å². The fourth-order valence-corrected chi connectivity index (χ4v) is 1.80. The fraction of sp³-hybridized carbons (Fsp3) is 0.533. The van der Waals surface area contributed by atoms with Gasteiger partial charge in [0.2, 0.25) is 5.91 Å². The van der Waals surface area contributed by atoms with Crippen LogP contribution in [0.25, 0.3) is 0 Å². The molecule has 0 heterocycles. The van der Waals surface area contributed by atoms with Gasteiger partial charge in [-0.25, -0.2) is 0 Å². The Hall–Kier alpha value is -1.75. The first-order valence-electron chi connectivity index (χ1n) is 6.84. The van der Waals surface area contributed by atoms with E-state index in [-0.39, 0.29) is 5.91 Å². The molecular weight excluding hydrogens is 254 g/mol. The van der Waals surface area contributed by atoms with E-state index in [9.17, 15) is 4.79 Å². The van der Waals surface area contributed by atoms with E-state index in [4.69, 9.17) is 10.5 Å². The molecule has 1 aromatic rings. The van der Waals surface area contributed by atoms with Gasteiger partial charge in [0.1, 0.15) is 5.75 Å². The molecule has 0 saturated carbocycles. The van der Waals surface area contributed by atoms with Gasteiger partial charge in [-0.15, -0.1) is 0 Å². The molecule has 0 atom stereocenters. The van der Waals surface area contributed by atoms with Crippen LogP contribution in [0.5, 0.6) is 5.75 Å². The number of nitrogen functional groups attached to an aromatic ring is 1. The van der Waals surface area contributed by atoms with E-state index in [0.717, 1.165) is 13.0 Å². The maximum absolute atomic E-state index is 12.0. The van der Waals surface area contributed by atoms with Crippen molar-refractivity contribution < 1.29 is 9.53 Å². The number of methoxy groups -OCH3 is 1. The highest BCUT2D eigenvalue weighted by Crippen LogP contribution is 2.26. The summed E-state index contributed by atoms with van der Waals surface area (Å²) in [5, 5.41) is 2.85. The first-order chi connectivity index (χ1) is 9.42. The molecule has 0 radical (unpaired) electrons. The molecule has 1 aromatic carbocycles. The van der Waals surface area contributed by atoms with Gasteiger partial charge in [-0.2, -0.15) is 0 Å². The number of anilines is 2. The molecule has 0 unspecified atom stereocenters. The van der Waals surface area contributed by atoms with Gasteiger partial charge in [0, 0.05) is 11.8 Å². The first kappa shape index (κ1) is 16.3. The Balaban J connectivity index is 2.54. The SMILES string of the molecule is COc1cc(N)ccc1NC(=O)CN(C)CCC(C)C. The second-order valence-corrected chi connectivity index (χ2v) is 5.43. The van der Waals surface area contributed by atoms with E-state index in [1.54, 1.807) is 25.3 Å². The molecule has 0 aliphatic heterocycles. The third-order valence-electron chi connectivity index (χ3n) is 3.00. The number of amides is 1. The fourth-order valence-electron chi connectivity index (χ4n) is 1.80. The summed E-state index contributed by atoms with van der Waals surface area (Å²) in [7, 11) is 3.50. The van der Waals surface area contributed by atoms with Gasteiger partial charge < -0.3 is 15.8 Å². The van der Waals surface area contributed by atoms with Crippen molar-refractivity contribution in [3.05, 3.63) is 18.2 Å². The summed E-state index contributed by atoms with van der Waals surface area (Å²) in [6.45, 7) is 5.62. The zero-order valence-electron chi connectivity index (χ0n) is 12.8. The monoisotopic (exact) mass is 279 g/mol. The van der Waals surface area contributed by atoms with Crippen molar-refractivity contribution in [1.82, 2.24) is 4.90 Å². The number of ether oxygens (including phenoxy) is 1. The van der Waals surface area contributed by atoms with E-state index in [1.165, 1.54) is 0 Å². The number of carbonyl (C=O) groups is 1. The van der Waals surface area contributed by atoms with Crippen LogP contribution in [-0.4, -0.2) is 38.1 Å². The minimum absolute atomic E-state index is 0.0562. The van der Waals surface area contributed by atoms with Crippen molar-refractivity contribution in [2.45, 2.75) is 20.3 Å². The van der Waals surface area contributed by atoms with Crippen LogP contribution in [0.4, 0.5) is 11.4 Å². The number of nitrogens with two attached hydrogens (primary N) is 1. The standard InChI is InChI=1S/C15H25N3O2/c1-11(2)7-8-18(3)10-15(19)17-13-6-5-12(16)9-14(13)20-4/h5-6,9,11H,7-8,10,16H2,1-4H3,(H,17,19). The second-order valence-electron chi connectivity index (χ2n) is 5.43. The predicted octanol–water partition coefficient (Wildman–Crippen LogP) is 2.19. The highest BCUT2D eigenvalue weighted by molar-refractivity contribution is 5.94. The van der Waals surface area contributed by atoms with Crippen molar-refractivity contribution in [3.63, 3.8) is 0 Å². The molecule has 20 heavy (non-hydrogen) atoms. The summed E-state index contributed by atoms with van der Waals surface area (Å²) in [5.41, 5.74) is 6.93. The number of hydrogen-bond donors (Lipinski definition) is 2. The van der Waals surface area contributed by atoms with Crippen LogP contribution in [0.3, 0.4) is 0 Å². The van der Waals surface area contributed by atoms with Crippen LogP contribution >= 0.6 is 0 Å². The van der Waals surface area contributed by atoms with Gasteiger partial charge in [0.15, 0.2) is 0 Å². The van der Waals surface area contributed by atoms with Crippen molar-refractivity contribution in [2.24, 2.45) is 5.92 Å².